The lowest BCUT2D eigenvalue weighted by atomic mass is 9.98. The number of hydrogen-bond acceptors (Lipinski definition) is 5. The molecule has 5 heterocycles. The van der Waals surface area contributed by atoms with Gasteiger partial charge in [0.05, 0.1) is 11.0 Å². The summed E-state index contributed by atoms with van der Waals surface area (Å²) in [6.45, 7) is 0. The molecule has 15 aromatic rings. The van der Waals surface area contributed by atoms with Crippen LogP contribution in [0.2, 0.25) is 0 Å². The van der Waals surface area contributed by atoms with Crippen LogP contribution in [0, 0.1) is 0 Å². The number of benzene rings is 10. The van der Waals surface area contributed by atoms with Gasteiger partial charge in [-0.1, -0.05) is 140 Å². The van der Waals surface area contributed by atoms with Crippen LogP contribution >= 0.6 is 0 Å². The summed E-state index contributed by atoms with van der Waals surface area (Å²) >= 11 is 0. The molecule has 0 aliphatic heterocycles. The summed E-state index contributed by atoms with van der Waals surface area (Å²) in [5.74, 6) is 0.598. The first-order valence-electron chi connectivity index (χ1n) is 23.5. The third kappa shape index (κ3) is 5.93. The first-order valence-corrected chi connectivity index (χ1v) is 23.5. The van der Waals surface area contributed by atoms with Gasteiger partial charge in [-0.3, -0.25) is 0 Å². The molecule has 0 atom stereocenters. The Morgan fingerprint density at radius 2 is 0.829 bits per heavy atom. The van der Waals surface area contributed by atoms with E-state index in [1.165, 1.54) is 21.8 Å². The Bertz CT molecular complexity index is 4580. The van der Waals surface area contributed by atoms with Crippen molar-refractivity contribution in [1.29, 1.82) is 0 Å². The van der Waals surface area contributed by atoms with E-state index in [2.05, 4.69) is 187 Å². The molecule has 5 aromatic heterocycles. The maximum atomic E-state index is 6.60. The predicted octanol–water partition coefficient (Wildman–Crippen LogP) is 17.6. The molecule has 0 aliphatic rings. The lowest BCUT2D eigenvalue weighted by Crippen LogP contribution is -1.94. The van der Waals surface area contributed by atoms with Gasteiger partial charge >= 0.3 is 0 Å². The molecule has 326 valence electrons. The quantitative estimate of drug-likeness (QED) is 0.166. The van der Waals surface area contributed by atoms with E-state index in [9.17, 15) is 0 Å². The monoisotopic (exact) mass is 895 g/mol. The standard InChI is InChI=1S/C64H37N3O3/c1-4-13-38(14-5-1)40-24-32-58-52(37-40)62-63(70-58)61(39-15-6-2-7-16-39)65-64(66-62)47-20-12-22-59-60(47)51-36-44(27-31-57(51)69-59)43-26-30-56-50(35-43)49-34-42(25-29-55(49)68-56)41-23-28-54-48(33-41)46-19-10-11-21-53(46)67(54)45-17-8-3-9-18-45/h1-37H. The zero-order chi connectivity index (χ0) is 45.9. The van der Waals surface area contributed by atoms with Gasteiger partial charge in [-0.25, -0.2) is 9.97 Å². The Labute approximate surface area is 399 Å². The van der Waals surface area contributed by atoms with Crippen LogP contribution in [0.5, 0.6) is 0 Å². The molecule has 0 spiro atoms. The van der Waals surface area contributed by atoms with Crippen LogP contribution in [0.1, 0.15) is 0 Å². The van der Waals surface area contributed by atoms with Crippen molar-refractivity contribution in [3.05, 3.63) is 224 Å². The van der Waals surface area contributed by atoms with E-state index in [1.54, 1.807) is 0 Å². The van der Waals surface area contributed by atoms with E-state index in [0.29, 0.717) is 11.4 Å². The van der Waals surface area contributed by atoms with Gasteiger partial charge in [-0.2, -0.15) is 0 Å². The van der Waals surface area contributed by atoms with Crippen LogP contribution in [0.3, 0.4) is 0 Å². The second kappa shape index (κ2) is 15.0. The van der Waals surface area contributed by atoms with Crippen molar-refractivity contribution in [1.82, 2.24) is 14.5 Å². The number of rotatable bonds is 6. The molecular formula is C64H37N3O3. The van der Waals surface area contributed by atoms with E-state index in [4.69, 9.17) is 23.2 Å². The SMILES string of the molecule is c1ccc(-c2ccc3oc4c(-c5ccccc5)nc(-c5cccc6oc7ccc(-c8ccc9oc%10ccc(-c%11ccc%12c(c%11)c%11ccccc%11n%12-c%11ccccc%11)cc%10c9c8)cc7c56)nc4c3c2)cc1. The molecule has 0 N–H and O–H groups in total. The second-order valence-electron chi connectivity index (χ2n) is 18.1. The summed E-state index contributed by atoms with van der Waals surface area (Å²) < 4.78 is 22.0. The number of nitrogens with zero attached hydrogens (tertiary/aromatic N) is 3. The minimum absolute atomic E-state index is 0.598. The Morgan fingerprint density at radius 3 is 1.53 bits per heavy atom. The van der Waals surface area contributed by atoms with E-state index >= 15 is 0 Å². The largest absolute Gasteiger partial charge is 0.456 e. The summed E-state index contributed by atoms with van der Waals surface area (Å²) in [5.41, 5.74) is 18.2. The smallest absolute Gasteiger partial charge is 0.180 e. The van der Waals surface area contributed by atoms with Gasteiger partial charge in [-0.15, -0.1) is 0 Å². The van der Waals surface area contributed by atoms with Gasteiger partial charge in [0.2, 0.25) is 0 Å². The fourth-order valence-corrected chi connectivity index (χ4v) is 10.7. The van der Waals surface area contributed by atoms with E-state index in [1.807, 2.05) is 42.5 Å². The number of aromatic nitrogens is 3. The molecule has 15 rings (SSSR count). The maximum absolute atomic E-state index is 6.60. The highest BCUT2D eigenvalue weighted by molar-refractivity contribution is 6.15. The molecule has 70 heavy (non-hydrogen) atoms. The van der Waals surface area contributed by atoms with Crippen molar-refractivity contribution in [3.63, 3.8) is 0 Å². The Balaban J connectivity index is 0.860. The minimum Gasteiger partial charge on any atom is -0.456 e. The van der Waals surface area contributed by atoms with Crippen LogP contribution in [0.4, 0.5) is 0 Å². The Kier molecular flexibility index (Phi) is 8.26. The van der Waals surface area contributed by atoms with Crippen LogP contribution in [0.25, 0.3) is 149 Å². The molecule has 0 unspecified atom stereocenters. The van der Waals surface area contributed by atoms with Crippen LogP contribution in [-0.4, -0.2) is 14.5 Å². The fourth-order valence-electron chi connectivity index (χ4n) is 10.7. The molecule has 10 aromatic carbocycles. The average molecular weight is 896 g/mol. The summed E-state index contributed by atoms with van der Waals surface area (Å²) in [5, 5.41) is 7.46. The molecule has 0 amide bonds. The van der Waals surface area contributed by atoms with Gasteiger partial charge in [0.15, 0.2) is 11.4 Å². The highest BCUT2D eigenvalue weighted by Gasteiger charge is 2.22. The number of furan rings is 3. The lowest BCUT2D eigenvalue weighted by Gasteiger charge is -2.08. The van der Waals surface area contributed by atoms with Gasteiger partial charge in [0, 0.05) is 54.5 Å². The molecule has 0 radical (unpaired) electrons. The fraction of sp³-hybridized carbons (Fsp3) is 0. The van der Waals surface area contributed by atoms with Gasteiger partial charge in [0.25, 0.3) is 0 Å². The van der Waals surface area contributed by atoms with Crippen molar-refractivity contribution >= 4 is 87.8 Å². The topological polar surface area (TPSA) is 70.1 Å². The van der Waals surface area contributed by atoms with Crippen molar-refractivity contribution < 1.29 is 13.3 Å². The zero-order valence-corrected chi connectivity index (χ0v) is 37.4. The third-order valence-electron chi connectivity index (χ3n) is 14.0. The Morgan fingerprint density at radius 1 is 0.314 bits per heavy atom. The molecule has 0 bridgehead atoms. The number of fused-ring (bicyclic) bond motifs is 12. The highest BCUT2D eigenvalue weighted by Crippen LogP contribution is 2.43. The number of para-hydroxylation sites is 2. The summed E-state index contributed by atoms with van der Waals surface area (Å²) in [7, 11) is 0. The molecule has 0 saturated carbocycles. The molecule has 6 heteroatoms. The van der Waals surface area contributed by atoms with Crippen LogP contribution in [0.15, 0.2) is 238 Å². The normalized spacial score (nSPS) is 12.0. The predicted molar refractivity (Wildman–Crippen MR) is 285 cm³/mol. The van der Waals surface area contributed by atoms with Crippen LogP contribution in [-0.2, 0) is 0 Å². The highest BCUT2D eigenvalue weighted by atomic mass is 16.3. The van der Waals surface area contributed by atoms with Crippen molar-refractivity contribution in [2.75, 3.05) is 0 Å². The van der Waals surface area contributed by atoms with Gasteiger partial charge in [-0.05, 0) is 118 Å². The lowest BCUT2D eigenvalue weighted by molar-refractivity contribution is 0.667. The zero-order valence-electron chi connectivity index (χ0n) is 37.4. The molecule has 0 aliphatic carbocycles. The van der Waals surface area contributed by atoms with Crippen molar-refractivity contribution in [3.8, 4) is 61.7 Å². The first kappa shape index (κ1) is 38.6. The number of hydrogen-bond donors (Lipinski definition) is 0. The summed E-state index contributed by atoms with van der Waals surface area (Å²) in [6.07, 6.45) is 0. The molecule has 0 fully saturated rings. The van der Waals surface area contributed by atoms with Crippen molar-refractivity contribution in [2.45, 2.75) is 0 Å². The van der Waals surface area contributed by atoms with E-state index < -0.39 is 0 Å². The third-order valence-corrected chi connectivity index (χ3v) is 14.0. The van der Waals surface area contributed by atoms with Crippen LogP contribution < -0.4 is 0 Å². The van der Waals surface area contributed by atoms with Crippen molar-refractivity contribution in [2.24, 2.45) is 0 Å². The Hall–Kier alpha value is -9.52. The summed E-state index contributed by atoms with van der Waals surface area (Å²) in [4.78, 5) is 10.6. The second-order valence-corrected chi connectivity index (χ2v) is 18.1. The first-order chi connectivity index (χ1) is 34.7. The molecule has 0 saturated heterocycles. The van der Waals surface area contributed by atoms with Gasteiger partial charge < -0.3 is 17.8 Å². The maximum Gasteiger partial charge on any atom is 0.180 e. The van der Waals surface area contributed by atoms with Gasteiger partial charge in [0.1, 0.15) is 39.1 Å². The van der Waals surface area contributed by atoms with E-state index in [0.717, 1.165) is 116 Å². The summed E-state index contributed by atoms with van der Waals surface area (Å²) in [6, 6.07) is 78.6. The molecule has 6 nitrogen and oxygen atoms in total. The van der Waals surface area contributed by atoms with E-state index in [-0.39, 0.29) is 0 Å². The minimum atomic E-state index is 0.598. The molecular weight excluding hydrogens is 859 g/mol. The average Bonchev–Trinajstić information content (AvgIpc) is 4.19.